The standard InChI is InChI=1S/C33H22Cl2N4O5/c34-19-11-14-26(25(35)16-19)38-31(41)29-28-21-5-1-3-7-23(21)33(30(29)32(38)42,24-8-4-2-6-22(24)28)17-36-37-27(40)15-18-9-12-20(13-10-18)39(43)44/h1-14,16-17,28-30H,15H2,(H,37,40)/b36-17-/t28?,29-,30-,33?/m0/s1. The molecule has 0 unspecified atom stereocenters. The van der Waals surface area contributed by atoms with E-state index in [1.54, 1.807) is 18.3 Å². The zero-order valence-electron chi connectivity index (χ0n) is 22.8. The van der Waals surface area contributed by atoms with Crippen molar-refractivity contribution in [2.75, 3.05) is 4.90 Å². The van der Waals surface area contributed by atoms with E-state index in [1.807, 2.05) is 48.5 Å². The Bertz CT molecular complexity index is 1880. The van der Waals surface area contributed by atoms with E-state index < -0.39 is 34.0 Å². The van der Waals surface area contributed by atoms with Crippen LogP contribution in [0, 0.1) is 22.0 Å². The van der Waals surface area contributed by atoms with Crippen molar-refractivity contribution in [3.8, 4) is 0 Å². The summed E-state index contributed by atoms with van der Waals surface area (Å²) in [6.07, 6.45) is 1.51. The molecule has 8 rings (SSSR count). The van der Waals surface area contributed by atoms with Gasteiger partial charge in [-0.25, -0.2) is 10.3 Å². The fourth-order valence-electron chi connectivity index (χ4n) is 7.12. The van der Waals surface area contributed by atoms with Crippen LogP contribution >= 0.6 is 23.2 Å². The minimum atomic E-state index is -1.17. The first-order valence-corrected chi connectivity index (χ1v) is 14.6. The highest BCUT2D eigenvalue weighted by molar-refractivity contribution is 6.38. The number of hydrazone groups is 1. The topological polar surface area (TPSA) is 122 Å². The Hall–Kier alpha value is -4.86. The number of hydrogen-bond donors (Lipinski definition) is 1. The van der Waals surface area contributed by atoms with Crippen LogP contribution in [-0.2, 0) is 26.2 Å². The number of non-ortho nitro benzene ring substituents is 1. The molecular weight excluding hydrogens is 603 g/mol. The Labute approximate surface area is 261 Å². The quantitative estimate of drug-likeness (QED) is 0.126. The van der Waals surface area contributed by atoms with Gasteiger partial charge < -0.3 is 0 Å². The number of nitro groups is 1. The lowest BCUT2D eigenvalue weighted by atomic mass is 9.47. The summed E-state index contributed by atoms with van der Waals surface area (Å²) in [4.78, 5) is 53.2. The summed E-state index contributed by atoms with van der Waals surface area (Å²) in [6, 6.07) is 25.7. The molecule has 3 aliphatic carbocycles. The Kier molecular flexibility index (Phi) is 6.60. The SMILES string of the molecule is O=C(Cc1ccc([N+](=O)[O-])cc1)N/N=C\C12c3ccccc3C(c3ccccc31)[C@@H]1C(=O)N(c3ccc(Cl)cc3Cl)C(=O)[C@H]12. The largest absolute Gasteiger partial charge is 0.274 e. The van der Waals surface area contributed by atoms with Crippen molar-refractivity contribution in [1.82, 2.24) is 5.43 Å². The molecule has 3 amide bonds. The van der Waals surface area contributed by atoms with Crippen LogP contribution in [0.25, 0.3) is 0 Å². The molecule has 0 spiro atoms. The van der Waals surface area contributed by atoms with E-state index in [4.69, 9.17) is 23.2 Å². The number of nitro benzene ring substituents is 1. The molecule has 0 aromatic heterocycles. The maximum atomic E-state index is 14.4. The van der Waals surface area contributed by atoms with Gasteiger partial charge in [-0.1, -0.05) is 83.9 Å². The number of carbonyl (C=O) groups excluding carboxylic acids is 3. The highest BCUT2D eigenvalue weighted by Gasteiger charge is 2.68. The van der Waals surface area contributed by atoms with Crippen LogP contribution in [0.3, 0.4) is 0 Å². The normalized spacial score (nSPS) is 23.0. The Balaban J connectivity index is 1.31. The first kappa shape index (κ1) is 27.9. The van der Waals surface area contributed by atoms with Crippen molar-refractivity contribution in [3.05, 3.63) is 139 Å². The second-order valence-electron chi connectivity index (χ2n) is 11.0. The molecule has 11 heteroatoms. The van der Waals surface area contributed by atoms with Gasteiger partial charge in [0.15, 0.2) is 0 Å². The Morgan fingerprint density at radius 3 is 2.18 bits per heavy atom. The third-order valence-corrected chi connectivity index (χ3v) is 9.34. The molecule has 1 heterocycles. The number of hydrogen-bond acceptors (Lipinski definition) is 6. The van der Waals surface area contributed by atoms with E-state index in [9.17, 15) is 24.5 Å². The Morgan fingerprint density at radius 1 is 0.932 bits per heavy atom. The molecule has 2 atom stereocenters. The average Bonchev–Trinajstić information content (AvgIpc) is 3.28. The van der Waals surface area contributed by atoms with Crippen LogP contribution in [0.15, 0.2) is 96.1 Å². The third kappa shape index (κ3) is 4.07. The minimum Gasteiger partial charge on any atom is -0.274 e. The van der Waals surface area contributed by atoms with Crippen molar-refractivity contribution in [3.63, 3.8) is 0 Å². The summed E-state index contributed by atoms with van der Waals surface area (Å²) < 4.78 is 0. The van der Waals surface area contributed by atoms with Gasteiger partial charge in [-0.15, -0.1) is 0 Å². The number of rotatable bonds is 6. The number of amides is 3. The van der Waals surface area contributed by atoms with E-state index in [1.165, 1.54) is 30.3 Å². The van der Waals surface area contributed by atoms with Gasteiger partial charge >= 0.3 is 0 Å². The minimum absolute atomic E-state index is 0.0656. The van der Waals surface area contributed by atoms with E-state index in [2.05, 4.69) is 10.5 Å². The molecule has 1 fully saturated rings. The molecule has 4 aromatic rings. The van der Waals surface area contributed by atoms with Crippen LogP contribution < -0.4 is 10.3 Å². The van der Waals surface area contributed by atoms with Crippen molar-refractivity contribution in [1.29, 1.82) is 0 Å². The van der Waals surface area contributed by atoms with Gasteiger partial charge in [0.25, 0.3) is 5.69 Å². The van der Waals surface area contributed by atoms with Crippen LogP contribution in [-0.4, -0.2) is 28.9 Å². The van der Waals surface area contributed by atoms with Crippen molar-refractivity contribution in [2.24, 2.45) is 16.9 Å². The number of benzene rings is 4. The molecule has 0 radical (unpaired) electrons. The first-order valence-electron chi connectivity index (χ1n) is 13.8. The maximum Gasteiger partial charge on any atom is 0.269 e. The lowest BCUT2D eigenvalue weighted by Gasteiger charge is -2.52. The molecule has 1 aliphatic heterocycles. The number of nitrogens with one attached hydrogen (secondary N) is 1. The van der Waals surface area contributed by atoms with Gasteiger partial charge in [0, 0.05) is 29.3 Å². The van der Waals surface area contributed by atoms with Gasteiger partial charge in [0.2, 0.25) is 17.7 Å². The van der Waals surface area contributed by atoms with E-state index in [0.29, 0.717) is 10.6 Å². The second kappa shape index (κ2) is 10.4. The highest BCUT2D eigenvalue weighted by Crippen LogP contribution is 2.63. The molecule has 4 aromatic carbocycles. The Morgan fingerprint density at radius 2 is 1.57 bits per heavy atom. The zero-order chi connectivity index (χ0) is 30.7. The summed E-state index contributed by atoms with van der Waals surface area (Å²) in [7, 11) is 0. The van der Waals surface area contributed by atoms with Crippen LogP contribution in [0.4, 0.5) is 11.4 Å². The van der Waals surface area contributed by atoms with Gasteiger partial charge in [0.1, 0.15) is 0 Å². The lowest BCUT2D eigenvalue weighted by Crippen LogP contribution is -2.54. The molecular formula is C33H22Cl2N4O5. The molecule has 0 saturated carbocycles. The smallest absolute Gasteiger partial charge is 0.269 e. The van der Waals surface area contributed by atoms with Gasteiger partial charge in [-0.2, -0.15) is 5.10 Å². The van der Waals surface area contributed by atoms with Crippen LogP contribution in [0.5, 0.6) is 0 Å². The predicted molar refractivity (Wildman–Crippen MR) is 165 cm³/mol. The molecule has 1 saturated heterocycles. The fraction of sp³-hybridized carbons (Fsp3) is 0.152. The monoisotopic (exact) mass is 624 g/mol. The number of halogens is 2. The number of imide groups is 1. The molecule has 44 heavy (non-hydrogen) atoms. The summed E-state index contributed by atoms with van der Waals surface area (Å²) in [6.45, 7) is 0. The molecule has 9 nitrogen and oxygen atoms in total. The summed E-state index contributed by atoms with van der Waals surface area (Å²) >= 11 is 12.6. The van der Waals surface area contributed by atoms with Crippen molar-refractivity contribution in [2.45, 2.75) is 17.8 Å². The molecule has 4 aliphatic rings. The number of carbonyl (C=O) groups is 3. The van der Waals surface area contributed by atoms with Gasteiger partial charge in [-0.05, 0) is 46.0 Å². The van der Waals surface area contributed by atoms with E-state index >= 15 is 0 Å². The van der Waals surface area contributed by atoms with Crippen molar-refractivity contribution >= 4 is 58.5 Å². The van der Waals surface area contributed by atoms with E-state index in [-0.39, 0.29) is 34.6 Å². The summed E-state index contributed by atoms with van der Waals surface area (Å²) in [5.41, 5.74) is 5.66. The van der Waals surface area contributed by atoms with Gasteiger partial charge in [-0.3, -0.25) is 24.5 Å². The van der Waals surface area contributed by atoms with Crippen molar-refractivity contribution < 1.29 is 19.3 Å². The first-order chi connectivity index (χ1) is 21.2. The second-order valence-corrected chi connectivity index (χ2v) is 11.9. The summed E-state index contributed by atoms with van der Waals surface area (Å²) in [5.74, 6) is -3.18. The number of nitrogens with zero attached hydrogens (tertiary/aromatic N) is 3. The third-order valence-electron chi connectivity index (χ3n) is 8.80. The van der Waals surface area contributed by atoms with Crippen LogP contribution in [0.2, 0.25) is 10.0 Å². The average molecular weight is 625 g/mol. The highest BCUT2D eigenvalue weighted by atomic mass is 35.5. The fourth-order valence-corrected chi connectivity index (χ4v) is 7.61. The maximum absolute atomic E-state index is 14.4. The summed E-state index contributed by atoms with van der Waals surface area (Å²) in [5, 5.41) is 15.9. The van der Waals surface area contributed by atoms with E-state index in [0.717, 1.165) is 27.2 Å². The van der Waals surface area contributed by atoms with Crippen LogP contribution in [0.1, 0.15) is 33.7 Å². The molecule has 2 bridgehead atoms. The predicted octanol–water partition coefficient (Wildman–Crippen LogP) is 5.80. The zero-order valence-corrected chi connectivity index (χ0v) is 24.3. The molecule has 1 N–H and O–H groups in total. The lowest BCUT2D eigenvalue weighted by molar-refractivity contribution is -0.384. The van der Waals surface area contributed by atoms with Gasteiger partial charge in [0.05, 0.1) is 39.3 Å². The molecule has 218 valence electrons. The number of anilines is 1.